The van der Waals surface area contributed by atoms with Crippen molar-refractivity contribution in [3.8, 4) is 11.3 Å². The van der Waals surface area contributed by atoms with Crippen molar-refractivity contribution in [3.63, 3.8) is 0 Å². The number of aromatic nitrogens is 2. The molecule has 0 atom stereocenters. The predicted octanol–water partition coefficient (Wildman–Crippen LogP) is 4.20. The Morgan fingerprint density at radius 3 is 2.60 bits per heavy atom. The average molecular weight is 405 g/mol. The predicted molar refractivity (Wildman–Crippen MR) is 116 cm³/mol. The molecule has 154 valence electrons. The van der Waals surface area contributed by atoms with Gasteiger partial charge in [0.25, 0.3) is 0 Å². The van der Waals surface area contributed by atoms with E-state index in [9.17, 15) is 9.18 Å². The Morgan fingerprint density at radius 2 is 1.83 bits per heavy atom. The van der Waals surface area contributed by atoms with Crippen LogP contribution in [0.1, 0.15) is 12.5 Å². The van der Waals surface area contributed by atoms with Gasteiger partial charge in [0.05, 0.1) is 5.69 Å². The Bertz CT molecular complexity index is 1030. The summed E-state index contributed by atoms with van der Waals surface area (Å²) in [5.41, 5.74) is 3.38. The zero-order chi connectivity index (χ0) is 20.9. The standard InChI is InChI=1S/C23H24FN5O/c1-2-17-6-3-4-9-20(17)27-23(30)29-12-10-28(11-13-29)22-15-21(25-16-26-22)18-7-5-8-19(24)14-18/h3-9,14-16H,2,10-13H2,1H3,(H,27,30). The number of hydrogen-bond acceptors (Lipinski definition) is 4. The van der Waals surface area contributed by atoms with Gasteiger partial charge in [0, 0.05) is 43.5 Å². The highest BCUT2D eigenvalue weighted by molar-refractivity contribution is 5.90. The number of aryl methyl sites for hydroxylation is 1. The summed E-state index contributed by atoms with van der Waals surface area (Å²) in [4.78, 5) is 25.3. The SMILES string of the molecule is CCc1ccccc1NC(=O)N1CCN(c2cc(-c3cccc(F)c3)ncn2)CC1. The van der Waals surface area contributed by atoms with Crippen LogP contribution < -0.4 is 10.2 Å². The number of rotatable bonds is 4. The van der Waals surface area contributed by atoms with Gasteiger partial charge in [0.1, 0.15) is 18.0 Å². The lowest BCUT2D eigenvalue weighted by molar-refractivity contribution is 0.208. The van der Waals surface area contributed by atoms with Crippen LogP contribution in [0.3, 0.4) is 0 Å². The molecule has 0 spiro atoms. The minimum atomic E-state index is -0.295. The minimum absolute atomic E-state index is 0.0845. The summed E-state index contributed by atoms with van der Waals surface area (Å²) in [5, 5.41) is 3.03. The zero-order valence-electron chi connectivity index (χ0n) is 16.9. The second-order valence-corrected chi connectivity index (χ2v) is 7.19. The number of nitrogens with one attached hydrogen (secondary N) is 1. The number of benzene rings is 2. The Balaban J connectivity index is 1.40. The number of piperazine rings is 1. The quantitative estimate of drug-likeness (QED) is 0.707. The summed E-state index contributed by atoms with van der Waals surface area (Å²) in [6, 6.07) is 16.0. The van der Waals surface area contributed by atoms with Crippen molar-refractivity contribution >= 4 is 17.5 Å². The van der Waals surface area contributed by atoms with Gasteiger partial charge in [-0.15, -0.1) is 0 Å². The minimum Gasteiger partial charge on any atom is -0.353 e. The van der Waals surface area contributed by atoms with Crippen molar-refractivity contribution in [3.05, 3.63) is 72.3 Å². The van der Waals surface area contributed by atoms with Crippen LogP contribution >= 0.6 is 0 Å². The third kappa shape index (κ3) is 4.40. The molecule has 1 saturated heterocycles. The number of carbonyl (C=O) groups excluding carboxylic acids is 1. The third-order valence-electron chi connectivity index (χ3n) is 5.30. The summed E-state index contributed by atoms with van der Waals surface area (Å²) in [7, 11) is 0. The molecule has 1 aliphatic rings. The van der Waals surface area contributed by atoms with Crippen LogP contribution in [-0.2, 0) is 6.42 Å². The van der Waals surface area contributed by atoms with Crippen molar-refractivity contribution in [1.29, 1.82) is 0 Å². The second-order valence-electron chi connectivity index (χ2n) is 7.19. The van der Waals surface area contributed by atoms with Crippen molar-refractivity contribution in [2.45, 2.75) is 13.3 Å². The van der Waals surface area contributed by atoms with Gasteiger partial charge in [-0.25, -0.2) is 19.2 Å². The molecule has 7 heteroatoms. The van der Waals surface area contributed by atoms with Gasteiger partial charge >= 0.3 is 6.03 Å². The molecule has 2 aromatic carbocycles. The Morgan fingerprint density at radius 1 is 1.03 bits per heavy atom. The topological polar surface area (TPSA) is 61.4 Å². The molecule has 0 bridgehead atoms. The number of nitrogens with zero attached hydrogens (tertiary/aromatic N) is 4. The molecule has 2 heterocycles. The first-order chi connectivity index (χ1) is 14.6. The monoisotopic (exact) mass is 405 g/mol. The molecule has 3 aromatic rings. The van der Waals surface area contributed by atoms with E-state index in [1.807, 2.05) is 41.3 Å². The maximum atomic E-state index is 13.5. The van der Waals surface area contributed by atoms with Gasteiger partial charge in [-0.05, 0) is 30.2 Å². The molecule has 0 radical (unpaired) electrons. The van der Waals surface area contributed by atoms with E-state index in [1.54, 1.807) is 6.07 Å². The highest BCUT2D eigenvalue weighted by Gasteiger charge is 2.22. The first-order valence-corrected chi connectivity index (χ1v) is 10.1. The van der Waals surface area contributed by atoms with Crippen LogP contribution in [0.4, 0.5) is 20.7 Å². The number of halogens is 1. The molecule has 1 N–H and O–H groups in total. The fourth-order valence-corrected chi connectivity index (χ4v) is 3.61. The molecule has 1 aromatic heterocycles. The van der Waals surface area contributed by atoms with Crippen molar-refractivity contribution in [2.75, 3.05) is 36.4 Å². The normalized spacial score (nSPS) is 13.9. The Kier molecular flexibility index (Phi) is 5.88. The largest absolute Gasteiger partial charge is 0.353 e. The molecular formula is C23H24FN5O. The highest BCUT2D eigenvalue weighted by atomic mass is 19.1. The van der Waals surface area contributed by atoms with Gasteiger partial charge in [-0.1, -0.05) is 37.3 Å². The van der Waals surface area contributed by atoms with Crippen molar-refractivity contribution in [2.24, 2.45) is 0 Å². The molecule has 4 rings (SSSR count). The maximum Gasteiger partial charge on any atom is 0.321 e. The number of urea groups is 1. The first-order valence-electron chi connectivity index (χ1n) is 10.1. The Labute approximate surface area is 175 Å². The van der Waals surface area contributed by atoms with Gasteiger partial charge in [-0.2, -0.15) is 0 Å². The van der Waals surface area contributed by atoms with Crippen LogP contribution in [0.15, 0.2) is 60.9 Å². The van der Waals surface area contributed by atoms with Crippen LogP contribution in [0.25, 0.3) is 11.3 Å². The van der Waals surface area contributed by atoms with Gasteiger partial charge in [0.15, 0.2) is 0 Å². The highest BCUT2D eigenvalue weighted by Crippen LogP contribution is 2.22. The molecule has 30 heavy (non-hydrogen) atoms. The molecule has 0 saturated carbocycles. The fraction of sp³-hybridized carbons (Fsp3) is 0.261. The van der Waals surface area contributed by atoms with E-state index < -0.39 is 0 Å². The van der Waals surface area contributed by atoms with Crippen molar-refractivity contribution < 1.29 is 9.18 Å². The maximum absolute atomic E-state index is 13.5. The Hall–Kier alpha value is -3.48. The number of carbonyl (C=O) groups is 1. The van der Waals surface area contributed by atoms with Crippen LogP contribution in [0.5, 0.6) is 0 Å². The molecule has 6 nitrogen and oxygen atoms in total. The lowest BCUT2D eigenvalue weighted by Gasteiger charge is -2.35. The number of hydrogen-bond donors (Lipinski definition) is 1. The molecule has 1 aliphatic heterocycles. The number of anilines is 2. The zero-order valence-corrected chi connectivity index (χ0v) is 16.9. The summed E-state index contributed by atoms with van der Waals surface area (Å²) in [6.07, 6.45) is 2.36. The molecule has 2 amide bonds. The fourth-order valence-electron chi connectivity index (χ4n) is 3.61. The van der Waals surface area contributed by atoms with E-state index in [-0.39, 0.29) is 11.8 Å². The van der Waals surface area contributed by atoms with E-state index in [0.717, 1.165) is 23.5 Å². The van der Waals surface area contributed by atoms with Crippen LogP contribution in [0.2, 0.25) is 0 Å². The van der Waals surface area contributed by atoms with Crippen LogP contribution in [0, 0.1) is 5.82 Å². The van der Waals surface area contributed by atoms with Gasteiger partial charge < -0.3 is 15.1 Å². The summed E-state index contributed by atoms with van der Waals surface area (Å²) in [5.74, 6) is 0.484. The number of amides is 2. The van der Waals surface area contributed by atoms with E-state index in [2.05, 4.69) is 27.1 Å². The summed E-state index contributed by atoms with van der Waals surface area (Å²) < 4.78 is 13.5. The second kappa shape index (κ2) is 8.90. The molecule has 0 unspecified atom stereocenters. The summed E-state index contributed by atoms with van der Waals surface area (Å²) >= 11 is 0. The lowest BCUT2D eigenvalue weighted by Crippen LogP contribution is -2.50. The molecular weight excluding hydrogens is 381 g/mol. The van der Waals surface area contributed by atoms with Crippen molar-refractivity contribution in [1.82, 2.24) is 14.9 Å². The lowest BCUT2D eigenvalue weighted by atomic mass is 10.1. The average Bonchev–Trinajstić information content (AvgIpc) is 2.79. The van der Waals surface area contributed by atoms with E-state index in [0.29, 0.717) is 37.4 Å². The molecule has 0 aliphatic carbocycles. The van der Waals surface area contributed by atoms with Gasteiger partial charge in [-0.3, -0.25) is 0 Å². The first kappa shape index (κ1) is 19.8. The van der Waals surface area contributed by atoms with E-state index in [4.69, 9.17) is 0 Å². The molecule has 1 fully saturated rings. The van der Waals surface area contributed by atoms with E-state index >= 15 is 0 Å². The smallest absolute Gasteiger partial charge is 0.321 e. The number of para-hydroxylation sites is 1. The summed E-state index contributed by atoms with van der Waals surface area (Å²) in [6.45, 7) is 4.60. The third-order valence-corrected chi connectivity index (χ3v) is 5.30. The van der Waals surface area contributed by atoms with E-state index in [1.165, 1.54) is 18.5 Å². The van der Waals surface area contributed by atoms with Crippen LogP contribution in [-0.4, -0.2) is 47.1 Å². The van der Waals surface area contributed by atoms with Gasteiger partial charge in [0.2, 0.25) is 0 Å².